The minimum absolute atomic E-state index is 0.109. The maximum atomic E-state index is 10.9. The van der Waals surface area contributed by atoms with E-state index in [-0.39, 0.29) is 23.3 Å². The molecule has 0 unspecified atom stereocenters. The smallest absolute Gasteiger partial charge is 0.358 e. The molecule has 0 aliphatic heterocycles. The van der Waals surface area contributed by atoms with Gasteiger partial charge in [-0.15, -0.1) is 0 Å². The molecule has 0 amide bonds. The number of imidazole rings is 1. The summed E-state index contributed by atoms with van der Waals surface area (Å²) < 4.78 is 1.40. The highest BCUT2D eigenvalue weighted by atomic mass is 16.4. The standard InChI is InChI=1S/C10H9N9O2/c11-5-3-8(15-1-14-5)19(2-16-3)9-7(13)17-4(10(20)21)6(12)18-9/h1-2H,(H2,12,18)(H2,13,17)(H,20,21)(H2,11,14,15). The van der Waals surface area contributed by atoms with Gasteiger partial charge in [0.05, 0.1) is 0 Å². The number of fused-ring (bicyclic) bond motifs is 1. The molecule has 0 saturated heterocycles. The van der Waals surface area contributed by atoms with Gasteiger partial charge in [0.15, 0.2) is 40.1 Å². The van der Waals surface area contributed by atoms with Gasteiger partial charge in [-0.05, 0) is 0 Å². The summed E-state index contributed by atoms with van der Waals surface area (Å²) in [6.45, 7) is 0. The molecule has 11 nitrogen and oxygen atoms in total. The molecule has 3 heterocycles. The van der Waals surface area contributed by atoms with Crippen LogP contribution >= 0.6 is 0 Å². The third kappa shape index (κ3) is 1.83. The van der Waals surface area contributed by atoms with Crippen LogP contribution in [-0.2, 0) is 0 Å². The van der Waals surface area contributed by atoms with Gasteiger partial charge in [-0.1, -0.05) is 0 Å². The van der Waals surface area contributed by atoms with E-state index in [1.807, 2.05) is 0 Å². The number of carboxylic acid groups (broad SMARTS) is 1. The van der Waals surface area contributed by atoms with Gasteiger partial charge in [-0.2, -0.15) is 0 Å². The average molecular weight is 287 g/mol. The molecule has 0 aromatic carbocycles. The number of anilines is 3. The summed E-state index contributed by atoms with van der Waals surface area (Å²) in [7, 11) is 0. The molecule has 0 aliphatic carbocycles. The SMILES string of the molecule is Nc1nc(-n2cnc3c(N)ncnc32)c(N)nc1C(=O)O. The number of nitrogens with two attached hydrogens (primary N) is 3. The first-order valence-electron chi connectivity index (χ1n) is 5.59. The maximum Gasteiger partial charge on any atom is 0.358 e. The molecule has 11 heteroatoms. The van der Waals surface area contributed by atoms with Crippen LogP contribution in [0.15, 0.2) is 12.7 Å². The monoisotopic (exact) mass is 287 g/mol. The molecule has 0 atom stereocenters. The van der Waals surface area contributed by atoms with Crippen molar-refractivity contribution in [2.75, 3.05) is 17.2 Å². The van der Waals surface area contributed by atoms with Crippen LogP contribution in [0.2, 0.25) is 0 Å². The highest BCUT2D eigenvalue weighted by Gasteiger charge is 2.18. The molecule has 3 aromatic rings. The van der Waals surface area contributed by atoms with Crippen LogP contribution in [0.4, 0.5) is 17.5 Å². The number of carbonyl (C=O) groups is 1. The fourth-order valence-electron chi connectivity index (χ4n) is 1.79. The van der Waals surface area contributed by atoms with Crippen molar-refractivity contribution in [1.29, 1.82) is 0 Å². The Morgan fingerprint density at radius 2 is 1.81 bits per heavy atom. The predicted molar refractivity (Wildman–Crippen MR) is 72.4 cm³/mol. The second-order valence-electron chi connectivity index (χ2n) is 4.02. The maximum absolute atomic E-state index is 10.9. The van der Waals surface area contributed by atoms with Crippen molar-refractivity contribution in [3.8, 4) is 5.82 Å². The largest absolute Gasteiger partial charge is 0.476 e. The number of aromatic nitrogens is 6. The summed E-state index contributed by atoms with van der Waals surface area (Å²) in [6.07, 6.45) is 2.63. The number of hydrogen-bond donors (Lipinski definition) is 4. The lowest BCUT2D eigenvalue weighted by atomic mass is 10.4. The van der Waals surface area contributed by atoms with Gasteiger partial charge < -0.3 is 22.3 Å². The fourth-order valence-corrected chi connectivity index (χ4v) is 1.79. The summed E-state index contributed by atoms with van der Waals surface area (Å²) >= 11 is 0. The van der Waals surface area contributed by atoms with Crippen LogP contribution in [0.5, 0.6) is 0 Å². The Kier molecular flexibility index (Phi) is 2.54. The predicted octanol–water partition coefficient (Wildman–Crippen LogP) is -0.950. The van der Waals surface area contributed by atoms with Gasteiger partial charge in [0.2, 0.25) is 0 Å². The Labute approximate surface area is 116 Å². The van der Waals surface area contributed by atoms with Crippen molar-refractivity contribution in [2.24, 2.45) is 0 Å². The zero-order valence-electron chi connectivity index (χ0n) is 10.4. The molecule has 0 radical (unpaired) electrons. The summed E-state index contributed by atoms with van der Waals surface area (Å²) in [5, 5.41) is 8.93. The zero-order chi connectivity index (χ0) is 15.1. The molecule has 3 rings (SSSR count). The van der Waals surface area contributed by atoms with Crippen LogP contribution in [0.25, 0.3) is 17.0 Å². The zero-order valence-corrected chi connectivity index (χ0v) is 10.4. The van der Waals surface area contributed by atoms with Crippen molar-refractivity contribution >= 4 is 34.6 Å². The summed E-state index contributed by atoms with van der Waals surface area (Å²) in [5.41, 5.74) is 17.3. The Morgan fingerprint density at radius 1 is 1.05 bits per heavy atom. The van der Waals surface area contributed by atoms with Crippen molar-refractivity contribution in [2.45, 2.75) is 0 Å². The van der Waals surface area contributed by atoms with Crippen molar-refractivity contribution in [3.05, 3.63) is 18.3 Å². The Balaban J connectivity index is 2.26. The molecule has 0 aliphatic rings. The quantitative estimate of drug-likeness (QED) is 0.457. The third-order valence-electron chi connectivity index (χ3n) is 2.72. The van der Waals surface area contributed by atoms with E-state index >= 15 is 0 Å². The minimum Gasteiger partial charge on any atom is -0.476 e. The van der Waals surface area contributed by atoms with E-state index in [2.05, 4.69) is 24.9 Å². The number of nitrogens with zero attached hydrogens (tertiary/aromatic N) is 6. The van der Waals surface area contributed by atoms with Gasteiger partial charge in [-0.25, -0.2) is 29.7 Å². The van der Waals surface area contributed by atoms with Crippen molar-refractivity contribution < 1.29 is 9.90 Å². The van der Waals surface area contributed by atoms with Crippen LogP contribution in [0.3, 0.4) is 0 Å². The van der Waals surface area contributed by atoms with Gasteiger partial charge in [0, 0.05) is 0 Å². The lowest BCUT2D eigenvalue weighted by Gasteiger charge is -2.08. The molecule has 0 saturated carbocycles. The van der Waals surface area contributed by atoms with Crippen LogP contribution in [0, 0.1) is 0 Å². The summed E-state index contributed by atoms with van der Waals surface area (Å²) in [4.78, 5) is 30.5. The Hall–Kier alpha value is -3.50. The summed E-state index contributed by atoms with van der Waals surface area (Å²) in [6, 6.07) is 0. The highest BCUT2D eigenvalue weighted by molar-refractivity contribution is 5.91. The third-order valence-corrected chi connectivity index (χ3v) is 2.72. The molecule has 7 N–H and O–H groups in total. The lowest BCUT2D eigenvalue weighted by Crippen LogP contribution is -2.14. The minimum atomic E-state index is -1.32. The van der Waals surface area contributed by atoms with E-state index in [0.717, 1.165) is 0 Å². The van der Waals surface area contributed by atoms with E-state index in [0.29, 0.717) is 11.2 Å². The summed E-state index contributed by atoms with van der Waals surface area (Å²) in [5.74, 6) is -1.41. The Morgan fingerprint density at radius 3 is 2.52 bits per heavy atom. The molecule has 0 bridgehead atoms. The van der Waals surface area contributed by atoms with Crippen LogP contribution < -0.4 is 17.2 Å². The van der Waals surface area contributed by atoms with Gasteiger partial charge >= 0.3 is 5.97 Å². The normalized spacial score (nSPS) is 10.9. The van der Waals surface area contributed by atoms with Gasteiger partial charge in [0.1, 0.15) is 12.7 Å². The van der Waals surface area contributed by atoms with Crippen LogP contribution in [0.1, 0.15) is 10.5 Å². The first kappa shape index (κ1) is 12.5. The molecule has 106 valence electrons. The van der Waals surface area contributed by atoms with Gasteiger partial charge in [0.25, 0.3) is 0 Å². The molecule has 0 spiro atoms. The van der Waals surface area contributed by atoms with E-state index in [1.165, 1.54) is 17.2 Å². The van der Waals surface area contributed by atoms with E-state index < -0.39 is 11.7 Å². The molecule has 3 aromatic heterocycles. The van der Waals surface area contributed by atoms with E-state index in [4.69, 9.17) is 22.3 Å². The lowest BCUT2D eigenvalue weighted by molar-refractivity contribution is 0.0691. The van der Waals surface area contributed by atoms with Crippen molar-refractivity contribution in [3.63, 3.8) is 0 Å². The second-order valence-corrected chi connectivity index (χ2v) is 4.02. The fraction of sp³-hybridized carbons (Fsp3) is 0. The van der Waals surface area contributed by atoms with Crippen LogP contribution in [-0.4, -0.2) is 40.6 Å². The van der Waals surface area contributed by atoms with Gasteiger partial charge in [-0.3, -0.25) is 4.57 Å². The number of nitrogen functional groups attached to an aromatic ring is 3. The number of carboxylic acids is 1. The first-order valence-corrected chi connectivity index (χ1v) is 5.59. The molecular formula is C10H9N9O2. The molecular weight excluding hydrogens is 278 g/mol. The molecule has 0 fully saturated rings. The topological polar surface area (TPSA) is 185 Å². The second kappa shape index (κ2) is 4.26. The Bertz CT molecular complexity index is 872. The highest BCUT2D eigenvalue weighted by Crippen LogP contribution is 2.22. The van der Waals surface area contributed by atoms with E-state index in [1.54, 1.807) is 0 Å². The molecule has 21 heavy (non-hydrogen) atoms. The number of rotatable bonds is 2. The van der Waals surface area contributed by atoms with Crippen molar-refractivity contribution in [1.82, 2.24) is 29.5 Å². The number of hydrogen-bond acceptors (Lipinski definition) is 9. The number of aromatic carboxylic acids is 1. The first-order chi connectivity index (χ1) is 9.99. The van der Waals surface area contributed by atoms with E-state index in [9.17, 15) is 4.79 Å². The average Bonchev–Trinajstić information content (AvgIpc) is 2.86.